The Morgan fingerprint density at radius 3 is 2.94 bits per heavy atom. The van der Waals surface area contributed by atoms with Crippen molar-refractivity contribution in [1.82, 2.24) is 0 Å². The van der Waals surface area contributed by atoms with Crippen LogP contribution in [0, 0.1) is 0 Å². The minimum atomic E-state index is -0.985. The molecule has 86 valence electrons. The van der Waals surface area contributed by atoms with E-state index in [4.69, 9.17) is 22.4 Å². The molecule has 0 amide bonds. The normalized spacial score (nSPS) is 20.7. The van der Waals surface area contributed by atoms with Crippen LogP contribution in [0.1, 0.15) is 5.56 Å². The van der Waals surface area contributed by atoms with Crippen LogP contribution in [-0.2, 0) is 11.2 Å². The zero-order valence-electron chi connectivity index (χ0n) is 8.85. The Kier molecular flexibility index (Phi) is 2.78. The molecule has 0 spiro atoms. The number of nitrogens with two attached hydrogens (primary N) is 1. The third-order valence-corrected chi connectivity index (χ3v) is 3.35. The van der Waals surface area contributed by atoms with Gasteiger partial charge in [0.15, 0.2) is 0 Å². The molecule has 1 aromatic carbocycles. The fraction of sp³-hybridized carbons (Fsp3) is 0.364. The Balaban J connectivity index is 2.34. The molecule has 3 N–H and O–H groups in total. The van der Waals surface area contributed by atoms with Crippen LogP contribution in [0.25, 0.3) is 0 Å². The number of hydrogen-bond donors (Lipinski definition) is 2. The molecule has 16 heavy (non-hydrogen) atoms. The Bertz CT molecular complexity index is 436. The maximum absolute atomic E-state index is 10.9. The van der Waals surface area contributed by atoms with Crippen molar-refractivity contribution in [3.8, 4) is 0 Å². The Hall–Kier alpha value is -1.26. The van der Waals surface area contributed by atoms with E-state index in [2.05, 4.69) is 0 Å². The molecule has 5 heteroatoms. The summed E-state index contributed by atoms with van der Waals surface area (Å²) < 4.78 is 0. The van der Waals surface area contributed by atoms with Crippen molar-refractivity contribution >= 4 is 23.3 Å². The number of nitrogens with zero attached hydrogens (tertiary/aromatic N) is 1. The van der Waals surface area contributed by atoms with Crippen molar-refractivity contribution in [2.45, 2.75) is 18.5 Å². The Morgan fingerprint density at radius 2 is 2.38 bits per heavy atom. The van der Waals surface area contributed by atoms with Crippen LogP contribution in [0.3, 0.4) is 0 Å². The van der Waals surface area contributed by atoms with Crippen molar-refractivity contribution < 1.29 is 9.90 Å². The fourth-order valence-electron chi connectivity index (χ4n) is 2.18. The van der Waals surface area contributed by atoms with Crippen molar-refractivity contribution in [2.24, 2.45) is 5.73 Å². The van der Waals surface area contributed by atoms with E-state index in [-0.39, 0.29) is 6.04 Å². The molecule has 1 heterocycles. The summed E-state index contributed by atoms with van der Waals surface area (Å²) in [5.74, 6) is -0.985. The van der Waals surface area contributed by atoms with Crippen molar-refractivity contribution in [1.29, 1.82) is 0 Å². The summed E-state index contributed by atoms with van der Waals surface area (Å²) in [4.78, 5) is 12.7. The van der Waals surface area contributed by atoms with Gasteiger partial charge in [0.1, 0.15) is 6.04 Å². The molecule has 0 radical (unpaired) electrons. The minimum absolute atomic E-state index is 0.229. The van der Waals surface area contributed by atoms with Gasteiger partial charge < -0.3 is 15.7 Å². The van der Waals surface area contributed by atoms with Crippen LogP contribution >= 0.6 is 11.6 Å². The van der Waals surface area contributed by atoms with Crippen LogP contribution in [0.5, 0.6) is 0 Å². The van der Waals surface area contributed by atoms with Crippen molar-refractivity contribution in [3.05, 3.63) is 28.8 Å². The number of rotatable bonds is 2. The predicted octanol–water partition coefficient (Wildman–Crippen LogP) is 1.11. The molecule has 1 aliphatic heterocycles. The monoisotopic (exact) mass is 240 g/mol. The third kappa shape index (κ3) is 1.64. The minimum Gasteiger partial charge on any atom is -0.480 e. The summed E-state index contributed by atoms with van der Waals surface area (Å²) in [6, 6.07) is 4.49. The van der Waals surface area contributed by atoms with Gasteiger partial charge in [0.25, 0.3) is 0 Å². The van der Waals surface area contributed by atoms with Gasteiger partial charge in [-0.1, -0.05) is 23.7 Å². The number of aliphatic carboxylic acids is 1. The van der Waals surface area contributed by atoms with Crippen molar-refractivity contribution in [2.75, 3.05) is 11.9 Å². The first-order valence-electron chi connectivity index (χ1n) is 5.01. The zero-order valence-corrected chi connectivity index (χ0v) is 9.61. The highest BCUT2D eigenvalue weighted by Gasteiger charge is 2.35. The number of anilines is 1. The number of para-hydroxylation sites is 1. The highest BCUT2D eigenvalue weighted by Crippen LogP contribution is 2.37. The molecule has 0 saturated carbocycles. The molecule has 0 aliphatic carbocycles. The van der Waals surface area contributed by atoms with Gasteiger partial charge in [-0.2, -0.15) is 0 Å². The average Bonchev–Trinajstić information content (AvgIpc) is 2.56. The first kappa shape index (κ1) is 11.2. The zero-order chi connectivity index (χ0) is 11.9. The van der Waals surface area contributed by atoms with E-state index in [0.717, 1.165) is 11.3 Å². The lowest BCUT2D eigenvalue weighted by atomic mass is 10.0. The predicted molar refractivity (Wildman–Crippen MR) is 63.0 cm³/mol. The van der Waals surface area contributed by atoms with Gasteiger partial charge in [0.05, 0.1) is 16.8 Å². The molecular weight excluding hydrogens is 228 g/mol. The Morgan fingerprint density at radius 1 is 1.69 bits per heavy atom. The SMILES string of the molecule is CN1c2c(Cl)cccc2CC1C(N)C(=O)O. The van der Waals surface area contributed by atoms with Crippen LogP contribution < -0.4 is 10.6 Å². The maximum Gasteiger partial charge on any atom is 0.322 e. The van der Waals surface area contributed by atoms with Gasteiger partial charge in [-0.05, 0) is 18.1 Å². The third-order valence-electron chi connectivity index (χ3n) is 3.05. The Labute approximate surface area is 98.6 Å². The highest BCUT2D eigenvalue weighted by atomic mass is 35.5. The van der Waals surface area contributed by atoms with Crippen LogP contribution in [0.15, 0.2) is 18.2 Å². The molecule has 2 atom stereocenters. The highest BCUT2D eigenvalue weighted by molar-refractivity contribution is 6.33. The second-order valence-corrected chi connectivity index (χ2v) is 4.40. The van der Waals surface area contributed by atoms with E-state index >= 15 is 0 Å². The average molecular weight is 241 g/mol. The van der Waals surface area contributed by atoms with E-state index < -0.39 is 12.0 Å². The smallest absolute Gasteiger partial charge is 0.322 e. The molecule has 2 unspecified atom stereocenters. The maximum atomic E-state index is 10.9. The topological polar surface area (TPSA) is 66.6 Å². The summed E-state index contributed by atoms with van der Waals surface area (Å²) in [6.45, 7) is 0. The second kappa shape index (κ2) is 3.96. The molecule has 0 fully saturated rings. The number of halogens is 1. The second-order valence-electron chi connectivity index (χ2n) is 3.99. The number of benzene rings is 1. The van der Waals surface area contributed by atoms with Crippen molar-refractivity contribution in [3.63, 3.8) is 0 Å². The largest absolute Gasteiger partial charge is 0.480 e. The first-order valence-corrected chi connectivity index (χ1v) is 5.38. The van der Waals surface area contributed by atoms with E-state index in [0.29, 0.717) is 11.4 Å². The lowest BCUT2D eigenvalue weighted by Gasteiger charge is -2.25. The number of fused-ring (bicyclic) bond motifs is 1. The standard InChI is InChI=1S/C11H13ClN2O2/c1-14-8(9(13)11(15)16)5-6-3-2-4-7(12)10(6)14/h2-4,8-9H,5,13H2,1H3,(H,15,16). The molecule has 4 nitrogen and oxygen atoms in total. The first-order chi connectivity index (χ1) is 7.52. The van der Waals surface area contributed by atoms with Gasteiger partial charge in [-0.15, -0.1) is 0 Å². The summed E-state index contributed by atoms with van der Waals surface area (Å²) in [5.41, 5.74) is 7.60. The molecule has 0 saturated heterocycles. The van der Waals surface area contributed by atoms with E-state index in [1.54, 1.807) is 6.07 Å². The molecule has 0 aromatic heterocycles. The summed E-state index contributed by atoms with van der Waals surface area (Å²) >= 11 is 6.08. The number of hydrogen-bond acceptors (Lipinski definition) is 3. The van der Waals surface area contributed by atoms with Gasteiger partial charge in [0.2, 0.25) is 0 Å². The van der Waals surface area contributed by atoms with E-state index in [1.807, 2.05) is 24.1 Å². The number of carbonyl (C=O) groups is 1. The lowest BCUT2D eigenvalue weighted by molar-refractivity contribution is -0.138. The molecule has 2 rings (SSSR count). The molecule has 0 bridgehead atoms. The summed E-state index contributed by atoms with van der Waals surface area (Å²) in [7, 11) is 1.82. The van der Waals surface area contributed by atoms with Gasteiger partial charge in [-0.25, -0.2) is 0 Å². The van der Waals surface area contributed by atoms with Crippen LogP contribution in [0.2, 0.25) is 5.02 Å². The number of carboxylic acids is 1. The van der Waals surface area contributed by atoms with Gasteiger partial charge in [0, 0.05) is 7.05 Å². The fourth-order valence-corrected chi connectivity index (χ4v) is 2.51. The summed E-state index contributed by atoms with van der Waals surface area (Å²) in [5, 5.41) is 9.56. The van der Waals surface area contributed by atoms with E-state index in [1.165, 1.54) is 0 Å². The number of likely N-dealkylation sites (N-methyl/N-ethyl adjacent to an activating group) is 1. The molecular formula is C11H13ClN2O2. The number of carboxylic acid groups (broad SMARTS) is 1. The van der Waals surface area contributed by atoms with Gasteiger partial charge >= 0.3 is 5.97 Å². The van der Waals surface area contributed by atoms with Crippen LogP contribution in [0.4, 0.5) is 5.69 Å². The summed E-state index contributed by atoms with van der Waals surface area (Å²) in [6.07, 6.45) is 0.625. The quantitative estimate of drug-likeness (QED) is 0.813. The van der Waals surface area contributed by atoms with Crippen LogP contribution in [-0.4, -0.2) is 30.2 Å². The van der Waals surface area contributed by atoms with E-state index in [9.17, 15) is 4.79 Å². The van der Waals surface area contributed by atoms with Gasteiger partial charge in [-0.3, -0.25) is 4.79 Å². The molecule has 1 aliphatic rings. The lowest BCUT2D eigenvalue weighted by Crippen LogP contribution is -2.49. The molecule has 1 aromatic rings.